The number of aliphatic hydroxyl groups is 1. The number of methoxy groups -OCH3 is 1. The molecule has 1 aliphatic heterocycles. The molecular formula is C26H31NO5. The Labute approximate surface area is 189 Å². The maximum absolute atomic E-state index is 13.1. The molecule has 2 aromatic rings. The van der Waals surface area contributed by atoms with E-state index >= 15 is 0 Å². The summed E-state index contributed by atoms with van der Waals surface area (Å²) >= 11 is 0. The first-order valence-electron chi connectivity index (χ1n) is 10.9. The van der Waals surface area contributed by atoms with Gasteiger partial charge in [0.1, 0.15) is 17.3 Å². The van der Waals surface area contributed by atoms with Gasteiger partial charge >= 0.3 is 0 Å². The van der Waals surface area contributed by atoms with Crippen molar-refractivity contribution in [3.63, 3.8) is 0 Å². The molecule has 32 heavy (non-hydrogen) atoms. The number of amides is 1. The van der Waals surface area contributed by atoms with Gasteiger partial charge in [0.2, 0.25) is 0 Å². The van der Waals surface area contributed by atoms with Crippen LogP contribution in [0.3, 0.4) is 0 Å². The summed E-state index contributed by atoms with van der Waals surface area (Å²) < 4.78 is 11.3. The van der Waals surface area contributed by atoms with Crippen LogP contribution < -0.4 is 9.47 Å². The number of nitrogens with zero attached hydrogens (tertiary/aromatic N) is 1. The van der Waals surface area contributed by atoms with Crippen molar-refractivity contribution in [3.05, 3.63) is 64.7 Å². The minimum atomic E-state index is -0.706. The molecule has 0 spiro atoms. The Hall–Kier alpha value is -3.28. The second-order valence-corrected chi connectivity index (χ2v) is 8.47. The average Bonchev–Trinajstić information content (AvgIpc) is 3.02. The second kappa shape index (κ2) is 9.90. The number of carbonyl (C=O) groups is 2. The first-order valence-corrected chi connectivity index (χ1v) is 10.9. The number of aliphatic hydroxyl groups excluding tert-OH is 1. The Balaban J connectivity index is 2.17. The number of carbonyl (C=O) groups excluding carboxylic acids is 2. The van der Waals surface area contributed by atoms with Crippen LogP contribution in [0.15, 0.2) is 48.0 Å². The third-order valence-electron chi connectivity index (χ3n) is 5.37. The van der Waals surface area contributed by atoms with E-state index in [1.165, 1.54) is 12.0 Å². The molecule has 0 aliphatic carbocycles. The average molecular weight is 438 g/mol. The van der Waals surface area contributed by atoms with E-state index in [-0.39, 0.29) is 11.3 Å². The van der Waals surface area contributed by atoms with Crippen LogP contribution in [0.25, 0.3) is 5.76 Å². The lowest BCUT2D eigenvalue weighted by molar-refractivity contribution is -0.139. The summed E-state index contributed by atoms with van der Waals surface area (Å²) in [5, 5.41) is 11.3. The fraction of sp³-hybridized carbons (Fsp3) is 0.385. The summed E-state index contributed by atoms with van der Waals surface area (Å²) in [4.78, 5) is 27.5. The van der Waals surface area contributed by atoms with E-state index in [9.17, 15) is 14.7 Å². The zero-order valence-electron chi connectivity index (χ0n) is 19.3. The van der Waals surface area contributed by atoms with E-state index in [1.54, 1.807) is 12.1 Å². The summed E-state index contributed by atoms with van der Waals surface area (Å²) in [6.45, 7) is 8.92. The highest BCUT2D eigenvalue weighted by Crippen LogP contribution is 2.41. The first-order chi connectivity index (χ1) is 15.3. The van der Waals surface area contributed by atoms with Gasteiger partial charge in [-0.25, -0.2) is 0 Å². The number of benzene rings is 2. The lowest BCUT2D eigenvalue weighted by atomic mass is 9.94. The van der Waals surface area contributed by atoms with Crippen molar-refractivity contribution >= 4 is 17.4 Å². The summed E-state index contributed by atoms with van der Waals surface area (Å²) in [7, 11) is 1.50. The Morgan fingerprint density at radius 1 is 1.16 bits per heavy atom. The van der Waals surface area contributed by atoms with Crippen LogP contribution in [0.5, 0.6) is 11.5 Å². The van der Waals surface area contributed by atoms with Gasteiger partial charge in [-0.15, -0.1) is 0 Å². The largest absolute Gasteiger partial charge is 0.507 e. The summed E-state index contributed by atoms with van der Waals surface area (Å²) in [5.41, 5.74) is 2.07. The fourth-order valence-electron chi connectivity index (χ4n) is 3.89. The summed E-state index contributed by atoms with van der Waals surface area (Å²) in [6.07, 6.45) is 0.681. The van der Waals surface area contributed by atoms with Crippen LogP contribution in [0.2, 0.25) is 0 Å². The third kappa shape index (κ3) is 4.64. The van der Waals surface area contributed by atoms with Gasteiger partial charge in [0.15, 0.2) is 0 Å². The molecule has 1 heterocycles. The molecule has 6 heteroatoms. The van der Waals surface area contributed by atoms with Crippen molar-refractivity contribution in [2.24, 2.45) is 5.92 Å². The van der Waals surface area contributed by atoms with E-state index in [4.69, 9.17) is 9.47 Å². The molecule has 0 aromatic heterocycles. The first kappa shape index (κ1) is 23.4. The van der Waals surface area contributed by atoms with Crippen molar-refractivity contribution in [1.82, 2.24) is 4.90 Å². The Kier molecular flexibility index (Phi) is 7.23. The van der Waals surface area contributed by atoms with Gasteiger partial charge < -0.3 is 19.5 Å². The predicted molar refractivity (Wildman–Crippen MR) is 124 cm³/mol. The zero-order valence-corrected chi connectivity index (χ0v) is 19.3. The van der Waals surface area contributed by atoms with E-state index in [2.05, 4.69) is 13.8 Å². The number of aryl methyl sites for hydroxylation is 1. The molecule has 1 amide bonds. The summed E-state index contributed by atoms with van der Waals surface area (Å²) in [5.74, 6) is -0.0929. The van der Waals surface area contributed by atoms with E-state index < -0.39 is 17.7 Å². The molecule has 6 nitrogen and oxygen atoms in total. The molecular weight excluding hydrogens is 406 g/mol. The molecule has 0 radical (unpaired) electrons. The molecule has 1 N–H and O–H groups in total. The van der Waals surface area contributed by atoms with E-state index in [0.717, 1.165) is 5.56 Å². The van der Waals surface area contributed by atoms with Gasteiger partial charge in [0.25, 0.3) is 11.7 Å². The molecule has 170 valence electrons. The number of hydrogen-bond donors (Lipinski definition) is 1. The lowest BCUT2D eigenvalue weighted by Crippen LogP contribution is -2.30. The minimum Gasteiger partial charge on any atom is -0.507 e. The van der Waals surface area contributed by atoms with Crippen molar-refractivity contribution < 1.29 is 24.2 Å². The molecule has 1 fully saturated rings. The number of hydrogen-bond acceptors (Lipinski definition) is 5. The molecule has 1 unspecified atom stereocenters. The van der Waals surface area contributed by atoms with Gasteiger partial charge in [-0.3, -0.25) is 9.59 Å². The molecule has 1 saturated heterocycles. The molecule has 3 rings (SSSR count). The quantitative estimate of drug-likeness (QED) is 0.362. The van der Waals surface area contributed by atoms with Crippen molar-refractivity contribution in [2.45, 2.75) is 40.2 Å². The highest BCUT2D eigenvalue weighted by atomic mass is 16.5. The SMILES string of the molecule is CCCN1C(=O)C(=O)/C(=C(/O)c2cc(C)ccc2OC)C1c1cccc(OCC(C)C)c1. The van der Waals surface area contributed by atoms with Crippen molar-refractivity contribution in [1.29, 1.82) is 0 Å². The van der Waals surface area contributed by atoms with Crippen molar-refractivity contribution in [2.75, 3.05) is 20.3 Å². The zero-order chi connectivity index (χ0) is 23.4. The number of rotatable bonds is 8. The molecule has 1 aliphatic rings. The maximum atomic E-state index is 13.1. The van der Waals surface area contributed by atoms with Crippen LogP contribution in [-0.4, -0.2) is 42.0 Å². The number of ketones is 1. The van der Waals surface area contributed by atoms with Crippen LogP contribution >= 0.6 is 0 Å². The molecule has 0 bridgehead atoms. The van der Waals surface area contributed by atoms with Gasteiger partial charge in [-0.2, -0.15) is 0 Å². The maximum Gasteiger partial charge on any atom is 0.295 e. The molecule has 0 saturated carbocycles. The smallest absolute Gasteiger partial charge is 0.295 e. The highest BCUT2D eigenvalue weighted by molar-refractivity contribution is 6.46. The van der Waals surface area contributed by atoms with Gasteiger partial charge in [0, 0.05) is 6.54 Å². The predicted octanol–water partition coefficient (Wildman–Crippen LogP) is 4.87. The monoisotopic (exact) mass is 437 g/mol. The fourth-order valence-corrected chi connectivity index (χ4v) is 3.89. The standard InChI is InChI=1S/C26H31NO5/c1-6-12-27-23(18-8-7-9-19(14-18)32-15-16(2)3)22(25(29)26(27)30)24(28)20-13-17(4)10-11-21(20)31-5/h7-11,13-14,16,23,28H,6,12,15H2,1-5H3/b24-22+. The van der Waals surface area contributed by atoms with Gasteiger partial charge in [-0.1, -0.05) is 44.5 Å². The van der Waals surface area contributed by atoms with Crippen LogP contribution in [0, 0.1) is 12.8 Å². The van der Waals surface area contributed by atoms with Crippen LogP contribution in [0.1, 0.15) is 49.9 Å². The third-order valence-corrected chi connectivity index (χ3v) is 5.37. The number of Topliss-reactive ketones (excluding diaryl/α,β-unsaturated/α-hetero) is 1. The van der Waals surface area contributed by atoms with Gasteiger partial charge in [0.05, 0.1) is 30.9 Å². The van der Waals surface area contributed by atoms with E-state index in [0.29, 0.717) is 48.1 Å². The molecule has 2 aromatic carbocycles. The van der Waals surface area contributed by atoms with Crippen LogP contribution in [-0.2, 0) is 9.59 Å². The van der Waals surface area contributed by atoms with Crippen molar-refractivity contribution in [3.8, 4) is 11.5 Å². The Morgan fingerprint density at radius 3 is 2.56 bits per heavy atom. The molecule has 1 atom stereocenters. The lowest BCUT2D eigenvalue weighted by Gasteiger charge is -2.25. The Bertz CT molecular complexity index is 1040. The minimum absolute atomic E-state index is 0.0633. The Morgan fingerprint density at radius 2 is 1.91 bits per heavy atom. The number of likely N-dealkylation sites (tertiary alicyclic amines) is 1. The normalized spacial score (nSPS) is 17.8. The van der Waals surface area contributed by atoms with E-state index in [1.807, 2.05) is 44.2 Å². The van der Waals surface area contributed by atoms with Gasteiger partial charge in [-0.05, 0) is 49.1 Å². The van der Waals surface area contributed by atoms with Crippen LogP contribution in [0.4, 0.5) is 0 Å². The second-order valence-electron chi connectivity index (χ2n) is 8.47. The highest BCUT2D eigenvalue weighted by Gasteiger charge is 2.46. The topological polar surface area (TPSA) is 76.1 Å². The number of ether oxygens (including phenoxy) is 2. The summed E-state index contributed by atoms with van der Waals surface area (Å²) in [6, 6.07) is 12.0.